The molecule has 1 saturated heterocycles. The molecule has 1 atom stereocenters. The molecular formula is C13H21Cl2N5. The minimum atomic E-state index is 0.255. The number of hydrogen-bond donors (Lipinski definition) is 3. The van der Waals surface area contributed by atoms with E-state index in [0.717, 1.165) is 6.54 Å². The van der Waals surface area contributed by atoms with Crippen LogP contribution in [0, 0.1) is 0 Å². The van der Waals surface area contributed by atoms with E-state index in [4.69, 9.17) is 29.0 Å². The standard InChI is InChI=1S/C13H21Cl2N5/c1-9(8-20-5-3-2-4-6-20)17-12-10(14)7-11(15)13(18-12)19-16/h7,9H,2-6,8,16H2,1H3,(H2,17,18,19). The van der Waals surface area contributed by atoms with Crippen LogP contribution in [0.25, 0.3) is 0 Å². The molecule has 1 aliphatic heterocycles. The molecular weight excluding hydrogens is 297 g/mol. The first kappa shape index (κ1) is 15.6. The molecule has 1 aromatic heterocycles. The van der Waals surface area contributed by atoms with Gasteiger partial charge in [0.05, 0.1) is 10.0 Å². The van der Waals surface area contributed by atoms with Gasteiger partial charge in [0.25, 0.3) is 0 Å². The van der Waals surface area contributed by atoms with Gasteiger partial charge in [-0.1, -0.05) is 29.6 Å². The summed E-state index contributed by atoms with van der Waals surface area (Å²) >= 11 is 12.1. The molecule has 0 aliphatic carbocycles. The quantitative estimate of drug-likeness (QED) is 0.575. The van der Waals surface area contributed by atoms with Crippen LogP contribution in [0.4, 0.5) is 11.6 Å². The van der Waals surface area contributed by atoms with Gasteiger partial charge < -0.3 is 15.6 Å². The number of rotatable bonds is 5. The van der Waals surface area contributed by atoms with Gasteiger partial charge in [-0.15, -0.1) is 0 Å². The Kier molecular flexibility index (Phi) is 5.72. The van der Waals surface area contributed by atoms with Crippen LogP contribution in [0.15, 0.2) is 6.07 Å². The summed E-state index contributed by atoms with van der Waals surface area (Å²) in [6.07, 6.45) is 3.91. The highest BCUT2D eigenvalue weighted by Crippen LogP contribution is 2.29. The van der Waals surface area contributed by atoms with E-state index in [1.165, 1.54) is 32.4 Å². The van der Waals surface area contributed by atoms with Crippen molar-refractivity contribution in [2.45, 2.75) is 32.2 Å². The number of likely N-dealkylation sites (tertiary alicyclic amines) is 1. The number of nitrogen functional groups attached to an aromatic ring is 1. The van der Waals surface area contributed by atoms with Gasteiger partial charge in [0.1, 0.15) is 5.82 Å². The van der Waals surface area contributed by atoms with Crippen molar-refractivity contribution in [2.75, 3.05) is 30.4 Å². The number of nitrogens with zero attached hydrogens (tertiary/aromatic N) is 2. The summed E-state index contributed by atoms with van der Waals surface area (Å²) in [4.78, 5) is 6.76. The third kappa shape index (κ3) is 4.12. The molecule has 0 spiro atoms. The minimum Gasteiger partial charge on any atom is -0.365 e. The minimum absolute atomic E-state index is 0.255. The molecule has 0 aromatic carbocycles. The van der Waals surface area contributed by atoms with E-state index in [9.17, 15) is 0 Å². The maximum absolute atomic E-state index is 6.15. The monoisotopic (exact) mass is 317 g/mol. The van der Waals surface area contributed by atoms with E-state index in [0.29, 0.717) is 21.7 Å². The summed E-state index contributed by atoms with van der Waals surface area (Å²) in [5.74, 6) is 6.40. The van der Waals surface area contributed by atoms with Crippen LogP contribution >= 0.6 is 23.2 Å². The van der Waals surface area contributed by atoms with Crippen LogP contribution < -0.4 is 16.6 Å². The number of nitrogens with two attached hydrogens (primary N) is 1. The number of hydrazine groups is 1. The molecule has 2 rings (SSSR count). The molecule has 4 N–H and O–H groups in total. The van der Waals surface area contributed by atoms with Gasteiger partial charge in [-0.3, -0.25) is 0 Å². The Balaban J connectivity index is 1.97. The summed E-state index contributed by atoms with van der Waals surface area (Å²) in [6, 6.07) is 1.89. The fourth-order valence-corrected chi connectivity index (χ4v) is 2.95. The van der Waals surface area contributed by atoms with E-state index >= 15 is 0 Å². The van der Waals surface area contributed by atoms with Crippen LogP contribution in [0.1, 0.15) is 26.2 Å². The number of hydrogen-bond acceptors (Lipinski definition) is 5. The van der Waals surface area contributed by atoms with E-state index in [1.54, 1.807) is 6.07 Å². The van der Waals surface area contributed by atoms with Gasteiger partial charge in [-0.25, -0.2) is 10.8 Å². The zero-order valence-electron chi connectivity index (χ0n) is 11.6. The lowest BCUT2D eigenvalue weighted by Crippen LogP contribution is -2.38. The van der Waals surface area contributed by atoms with Crippen LogP contribution in [0.5, 0.6) is 0 Å². The smallest absolute Gasteiger partial charge is 0.161 e. The van der Waals surface area contributed by atoms with Crippen molar-refractivity contribution in [3.63, 3.8) is 0 Å². The highest BCUT2D eigenvalue weighted by Gasteiger charge is 2.15. The second-order valence-corrected chi connectivity index (χ2v) is 6.01. The van der Waals surface area contributed by atoms with Crippen molar-refractivity contribution in [3.05, 3.63) is 16.1 Å². The van der Waals surface area contributed by atoms with Crippen molar-refractivity contribution in [3.8, 4) is 0 Å². The Labute approximate surface area is 129 Å². The molecule has 1 aliphatic rings. The normalized spacial score (nSPS) is 17.8. The van der Waals surface area contributed by atoms with Crippen LogP contribution in [0.3, 0.4) is 0 Å². The van der Waals surface area contributed by atoms with Gasteiger partial charge >= 0.3 is 0 Å². The Morgan fingerprint density at radius 1 is 1.25 bits per heavy atom. The van der Waals surface area contributed by atoms with Gasteiger partial charge in [0, 0.05) is 12.6 Å². The van der Waals surface area contributed by atoms with Crippen molar-refractivity contribution >= 4 is 34.8 Å². The van der Waals surface area contributed by atoms with Crippen molar-refractivity contribution in [1.82, 2.24) is 9.88 Å². The average molecular weight is 318 g/mol. The predicted octanol–water partition coefficient (Wildman–Crippen LogP) is 2.96. The molecule has 0 radical (unpaired) electrons. The first-order valence-corrected chi connectivity index (χ1v) is 7.67. The number of pyridine rings is 1. The lowest BCUT2D eigenvalue weighted by Gasteiger charge is -2.29. The fourth-order valence-electron chi connectivity index (χ4n) is 2.48. The van der Waals surface area contributed by atoms with Gasteiger partial charge in [-0.05, 0) is 38.9 Å². The van der Waals surface area contributed by atoms with Crippen LogP contribution in [0.2, 0.25) is 10.0 Å². The molecule has 0 bridgehead atoms. The fraction of sp³-hybridized carbons (Fsp3) is 0.615. The van der Waals surface area contributed by atoms with Crippen LogP contribution in [-0.4, -0.2) is 35.6 Å². The highest BCUT2D eigenvalue weighted by atomic mass is 35.5. The largest absolute Gasteiger partial charge is 0.365 e. The predicted molar refractivity (Wildman–Crippen MR) is 85.4 cm³/mol. The molecule has 5 nitrogen and oxygen atoms in total. The first-order valence-electron chi connectivity index (χ1n) is 6.91. The van der Waals surface area contributed by atoms with E-state index < -0.39 is 0 Å². The Morgan fingerprint density at radius 2 is 1.90 bits per heavy atom. The summed E-state index contributed by atoms with van der Waals surface area (Å²) in [7, 11) is 0. The zero-order valence-corrected chi connectivity index (χ0v) is 13.1. The zero-order chi connectivity index (χ0) is 14.5. The third-order valence-corrected chi connectivity index (χ3v) is 4.01. The van der Waals surface area contributed by atoms with Gasteiger partial charge in [0.2, 0.25) is 0 Å². The SMILES string of the molecule is CC(CN1CCCCC1)Nc1nc(NN)c(Cl)cc1Cl. The second kappa shape index (κ2) is 7.31. The van der Waals surface area contributed by atoms with E-state index in [1.807, 2.05) is 0 Å². The second-order valence-electron chi connectivity index (χ2n) is 5.20. The molecule has 112 valence electrons. The molecule has 1 aromatic rings. The summed E-state index contributed by atoms with van der Waals surface area (Å²) < 4.78 is 0. The Hall–Kier alpha value is -0.750. The Bertz CT molecular complexity index is 449. The van der Waals surface area contributed by atoms with Gasteiger partial charge in [-0.2, -0.15) is 0 Å². The number of anilines is 2. The number of aromatic nitrogens is 1. The number of nitrogens with one attached hydrogen (secondary N) is 2. The van der Waals surface area contributed by atoms with Crippen molar-refractivity contribution in [2.24, 2.45) is 5.84 Å². The molecule has 0 saturated carbocycles. The molecule has 1 fully saturated rings. The van der Waals surface area contributed by atoms with Crippen molar-refractivity contribution in [1.29, 1.82) is 0 Å². The van der Waals surface area contributed by atoms with Gasteiger partial charge in [0.15, 0.2) is 5.82 Å². The molecule has 7 heteroatoms. The Morgan fingerprint density at radius 3 is 2.55 bits per heavy atom. The topological polar surface area (TPSA) is 66.2 Å². The average Bonchev–Trinajstić information content (AvgIpc) is 2.43. The molecule has 1 unspecified atom stereocenters. The lowest BCUT2D eigenvalue weighted by molar-refractivity contribution is 0.223. The van der Waals surface area contributed by atoms with E-state index in [-0.39, 0.29) is 6.04 Å². The lowest BCUT2D eigenvalue weighted by atomic mass is 10.1. The maximum atomic E-state index is 6.15. The van der Waals surface area contributed by atoms with E-state index in [2.05, 4.69) is 27.6 Å². The third-order valence-electron chi connectivity index (χ3n) is 3.43. The number of halogens is 2. The van der Waals surface area contributed by atoms with Crippen molar-refractivity contribution < 1.29 is 0 Å². The molecule has 20 heavy (non-hydrogen) atoms. The summed E-state index contributed by atoms with van der Waals surface area (Å²) in [5.41, 5.74) is 2.47. The maximum Gasteiger partial charge on any atom is 0.161 e. The first-order chi connectivity index (χ1) is 9.60. The molecule has 2 heterocycles. The summed E-state index contributed by atoms with van der Waals surface area (Å²) in [5, 5.41) is 4.23. The number of piperidine rings is 1. The highest BCUT2D eigenvalue weighted by molar-refractivity contribution is 6.37. The summed E-state index contributed by atoms with van der Waals surface area (Å²) in [6.45, 7) is 5.44. The molecule has 0 amide bonds. The van der Waals surface area contributed by atoms with Crippen LogP contribution in [-0.2, 0) is 0 Å².